The highest BCUT2D eigenvalue weighted by Crippen LogP contribution is 2.40. The normalized spacial score (nSPS) is 32.3. The molecule has 2 unspecified atom stereocenters. The van der Waals surface area contributed by atoms with Gasteiger partial charge in [-0.15, -0.1) is 0 Å². The summed E-state index contributed by atoms with van der Waals surface area (Å²) in [5.41, 5.74) is -0.890. The van der Waals surface area contributed by atoms with E-state index in [2.05, 4.69) is 0 Å². The molecule has 0 bridgehead atoms. The molecular formula is C14H19FO3. The minimum Gasteiger partial charge on any atom is -0.494 e. The topological polar surface area (TPSA) is 38.7 Å². The second kappa shape index (κ2) is 4.86. The molecule has 0 spiro atoms. The van der Waals surface area contributed by atoms with Crippen molar-refractivity contribution in [2.75, 3.05) is 7.11 Å². The van der Waals surface area contributed by atoms with Crippen LogP contribution >= 0.6 is 0 Å². The Morgan fingerprint density at radius 1 is 1.33 bits per heavy atom. The first-order valence-corrected chi connectivity index (χ1v) is 6.17. The van der Waals surface area contributed by atoms with Crippen LogP contribution in [0, 0.1) is 5.82 Å². The van der Waals surface area contributed by atoms with Gasteiger partial charge in [0.2, 0.25) is 0 Å². The molecule has 0 radical (unpaired) electrons. The third kappa shape index (κ3) is 2.35. The zero-order valence-corrected chi connectivity index (χ0v) is 10.9. The van der Waals surface area contributed by atoms with E-state index in [1.165, 1.54) is 7.11 Å². The van der Waals surface area contributed by atoms with Crippen LogP contribution in [0.5, 0.6) is 5.75 Å². The van der Waals surface area contributed by atoms with Crippen LogP contribution in [-0.4, -0.2) is 24.4 Å². The molecule has 3 nitrogen and oxygen atoms in total. The van der Waals surface area contributed by atoms with Gasteiger partial charge in [-0.25, -0.2) is 4.39 Å². The van der Waals surface area contributed by atoms with Gasteiger partial charge in [0.15, 0.2) is 11.6 Å². The molecule has 1 aromatic rings. The summed E-state index contributed by atoms with van der Waals surface area (Å²) < 4.78 is 24.8. The molecule has 2 atom stereocenters. The van der Waals surface area contributed by atoms with Gasteiger partial charge in [-0.2, -0.15) is 0 Å². The maximum absolute atomic E-state index is 14.2. The van der Waals surface area contributed by atoms with Crippen LogP contribution in [0.25, 0.3) is 0 Å². The van der Waals surface area contributed by atoms with Gasteiger partial charge >= 0.3 is 0 Å². The van der Waals surface area contributed by atoms with E-state index in [4.69, 9.17) is 9.47 Å². The summed E-state index contributed by atoms with van der Waals surface area (Å²) in [5, 5.41) is 10.7. The lowest BCUT2D eigenvalue weighted by atomic mass is 9.81. The molecule has 0 saturated carbocycles. The van der Waals surface area contributed by atoms with Crippen molar-refractivity contribution >= 4 is 0 Å². The summed E-state index contributed by atoms with van der Waals surface area (Å²) in [6.45, 7) is 3.78. The van der Waals surface area contributed by atoms with Crippen LogP contribution in [0.3, 0.4) is 0 Å². The Morgan fingerprint density at radius 3 is 2.50 bits per heavy atom. The summed E-state index contributed by atoms with van der Waals surface area (Å²) in [6.07, 6.45) is 0.594. The Morgan fingerprint density at radius 2 is 1.94 bits per heavy atom. The van der Waals surface area contributed by atoms with Gasteiger partial charge in [-0.05, 0) is 19.9 Å². The lowest BCUT2D eigenvalue weighted by molar-refractivity contribution is -0.137. The van der Waals surface area contributed by atoms with Crippen LogP contribution < -0.4 is 4.74 Å². The van der Waals surface area contributed by atoms with Crippen LogP contribution in [0.2, 0.25) is 0 Å². The van der Waals surface area contributed by atoms with Gasteiger partial charge in [0.05, 0.1) is 24.9 Å². The van der Waals surface area contributed by atoms with Gasteiger partial charge in [0.1, 0.15) is 0 Å². The average molecular weight is 254 g/mol. The number of hydrogen-bond donors (Lipinski definition) is 1. The molecule has 4 heteroatoms. The minimum atomic E-state index is -1.18. The maximum atomic E-state index is 14.2. The van der Waals surface area contributed by atoms with Gasteiger partial charge in [-0.1, -0.05) is 12.1 Å². The first-order valence-electron chi connectivity index (χ1n) is 6.17. The molecule has 1 heterocycles. The molecule has 1 aliphatic rings. The van der Waals surface area contributed by atoms with E-state index in [0.29, 0.717) is 18.4 Å². The van der Waals surface area contributed by atoms with Crippen LogP contribution in [0.1, 0.15) is 32.3 Å². The summed E-state index contributed by atoms with van der Waals surface area (Å²) in [5.74, 6) is -0.323. The molecule has 2 rings (SSSR count). The molecule has 1 N–H and O–H groups in total. The van der Waals surface area contributed by atoms with Crippen molar-refractivity contribution in [2.45, 2.75) is 44.5 Å². The summed E-state index contributed by atoms with van der Waals surface area (Å²) >= 11 is 0. The fourth-order valence-corrected chi connectivity index (χ4v) is 2.77. The largest absolute Gasteiger partial charge is 0.494 e. The Hall–Kier alpha value is -1.13. The second-order valence-corrected chi connectivity index (χ2v) is 5.02. The van der Waals surface area contributed by atoms with E-state index in [1.54, 1.807) is 18.2 Å². The highest BCUT2D eigenvalue weighted by molar-refractivity contribution is 5.35. The van der Waals surface area contributed by atoms with Crippen LogP contribution in [0.4, 0.5) is 4.39 Å². The van der Waals surface area contributed by atoms with Crippen LogP contribution in [0.15, 0.2) is 18.2 Å². The Labute approximate surface area is 107 Å². The van der Waals surface area contributed by atoms with Gasteiger partial charge in [0, 0.05) is 18.4 Å². The zero-order chi connectivity index (χ0) is 13.3. The monoisotopic (exact) mass is 254 g/mol. The maximum Gasteiger partial charge on any atom is 0.171 e. The smallest absolute Gasteiger partial charge is 0.171 e. The third-order valence-electron chi connectivity index (χ3n) is 3.40. The van der Waals surface area contributed by atoms with Gasteiger partial charge in [-0.3, -0.25) is 0 Å². The standard InChI is InChI=1S/C14H19FO3/c1-9-7-14(16,8-10(2)18-9)11-5-4-6-12(17-3)13(11)15/h4-6,9-10,16H,7-8H2,1-3H3. The third-order valence-corrected chi connectivity index (χ3v) is 3.40. The molecule has 18 heavy (non-hydrogen) atoms. The summed E-state index contributed by atoms with van der Waals surface area (Å²) in [7, 11) is 1.42. The zero-order valence-electron chi connectivity index (χ0n) is 10.9. The van der Waals surface area contributed by atoms with Crippen molar-refractivity contribution in [3.05, 3.63) is 29.6 Å². The summed E-state index contributed by atoms with van der Waals surface area (Å²) in [4.78, 5) is 0. The van der Waals surface area contributed by atoms with E-state index >= 15 is 0 Å². The number of rotatable bonds is 2. The quantitative estimate of drug-likeness (QED) is 0.881. The van der Waals surface area contributed by atoms with Crippen molar-refractivity contribution < 1.29 is 19.0 Å². The Balaban J connectivity index is 2.40. The average Bonchev–Trinajstić information content (AvgIpc) is 2.27. The van der Waals surface area contributed by atoms with Crippen molar-refractivity contribution in [3.8, 4) is 5.75 Å². The number of ether oxygens (including phenoxy) is 2. The molecule has 0 aliphatic carbocycles. The predicted molar refractivity (Wildman–Crippen MR) is 66.1 cm³/mol. The SMILES string of the molecule is COc1cccc(C2(O)CC(C)OC(C)C2)c1F. The van der Waals surface area contributed by atoms with E-state index < -0.39 is 11.4 Å². The molecule has 1 fully saturated rings. The minimum absolute atomic E-state index is 0.0932. The molecular weight excluding hydrogens is 235 g/mol. The van der Waals surface area contributed by atoms with Gasteiger partial charge < -0.3 is 14.6 Å². The van der Waals surface area contributed by atoms with E-state index in [1.807, 2.05) is 13.8 Å². The molecule has 100 valence electrons. The lowest BCUT2D eigenvalue weighted by Crippen LogP contribution is -2.41. The van der Waals surface area contributed by atoms with Gasteiger partial charge in [0.25, 0.3) is 0 Å². The van der Waals surface area contributed by atoms with E-state index in [0.717, 1.165) is 0 Å². The molecule has 0 amide bonds. The number of aliphatic hydroxyl groups is 1. The molecule has 0 aromatic heterocycles. The molecule has 1 aliphatic heterocycles. The van der Waals surface area contributed by atoms with Crippen LogP contribution in [-0.2, 0) is 10.3 Å². The highest BCUT2D eigenvalue weighted by Gasteiger charge is 2.40. The number of hydrogen-bond acceptors (Lipinski definition) is 3. The Bertz CT molecular complexity index is 423. The van der Waals surface area contributed by atoms with Crippen molar-refractivity contribution in [1.29, 1.82) is 0 Å². The first kappa shape index (κ1) is 13.3. The fraction of sp³-hybridized carbons (Fsp3) is 0.571. The number of halogens is 1. The lowest BCUT2D eigenvalue weighted by Gasteiger charge is -2.39. The van der Waals surface area contributed by atoms with E-state index in [-0.39, 0.29) is 18.0 Å². The van der Waals surface area contributed by atoms with Crippen molar-refractivity contribution in [2.24, 2.45) is 0 Å². The highest BCUT2D eigenvalue weighted by atomic mass is 19.1. The number of benzene rings is 1. The number of methoxy groups -OCH3 is 1. The first-order chi connectivity index (χ1) is 8.46. The second-order valence-electron chi connectivity index (χ2n) is 5.02. The fourth-order valence-electron chi connectivity index (χ4n) is 2.77. The Kier molecular flexibility index (Phi) is 3.59. The predicted octanol–water partition coefficient (Wildman–Crippen LogP) is 2.61. The van der Waals surface area contributed by atoms with Crippen molar-refractivity contribution in [1.82, 2.24) is 0 Å². The van der Waals surface area contributed by atoms with E-state index in [9.17, 15) is 9.50 Å². The summed E-state index contributed by atoms with van der Waals surface area (Å²) in [6, 6.07) is 4.86. The molecule has 1 aromatic carbocycles. The van der Waals surface area contributed by atoms with Crippen molar-refractivity contribution in [3.63, 3.8) is 0 Å². The molecule has 1 saturated heterocycles.